The first-order chi connectivity index (χ1) is 14.8. The van der Waals surface area contributed by atoms with E-state index in [2.05, 4.69) is 5.32 Å². The number of anilines is 2. The number of hydrogen-bond acceptors (Lipinski definition) is 5. The average molecular weight is 451 g/mol. The van der Waals surface area contributed by atoms with Crippen LogP contribution in [0.25, 0.3) is 0 Å². The lowest BCUT2D eigenvalue weighted by molar-refractivity contribution is -0.115. The zero-order chi connectivity index (χ0) is 22.0. The molecule has 2 aliphatic heterocycles. The Bertz CT molecular complexity index is 1090. The summed E-state index contributed by atoms with van der Waals surface area (Å²) in [6.45, 7) is 1.57. The molecule has 0 spiro atoms. The topological polar surface area (TPSA) is 79.0 Å². The molecule has 0 aromatic heterocycles. The van der Waals surface area contributed by atoms with Gasteiger partial charge in [0.2, 0.25) is 15.9 Å². The van der Waals surface area contributed by atoms with Gasteiger partial charge in [0.1, 0.15) is 11.6 Å². The molecule has 7 nitrogen and oxygen atoms in total. The van der Waals surface area contributed by atoms with Crippen molar-refractivity contribution in [3.63, 3.8) is 0 Å². The molecule has 1 saturated heterocycles. The minimum absolute atomic E-state index is 0.0806. The highest BCUT2D eigenvalue weighted by molar-refractivity contribution is 7.89. The number of halogens is 2. The minimum Gasteiger partial charge on any atom is -0.379 e. The van der Waals surface area contributed by atoms with Crippen LogP contribution in [0.4, 0.5) is 20.2 Å². The van der Waals surface area contributed by atoms with Crippen molar-refractivity contribution in [2.45, 2.75) is 17.7 Å². The summed E-state index contributed by atoms with van der Waals surface area (Å²) in [6.07, 6.45) is 1.22. The minimum atomic E-state index is -3.69. The van der Waals surface area contributed by atoms with Gasteiger partial charge in [0, 0.05) is 31.4 Å². The Labute approximate surface area is 179 Å². The summed E-state index contributed by atoms with van der Waals surface area (Å²) in [4.78, 5) is 14.3. The highest BCUT2D eigenvalue weighted by Gasteiger charge is 2.27. The molecule has 1 amide bonds. The van der Waals surface area contributed by atoms with E-state index in [1.54, 1.807) is 17.0 Å². The molecule has 0 aliphatic carbocycles. The third-order valence-electron chi connectivity index (χ3n) is 5.36. The summed E-state index contributed by atoms with van der Waals surface area (Å²) in [6, 6.07) is 8.14. The summed E-state index contributed by atoms with van der Waals surface area (Å²) >= 11 is 0. The molecule has 0 saturated carbocycles. The van der Waals surface area contributed by atoms with Gasteiger partial charge in [-0.05, 0) is 42.7 Å². The monoisotopic (exact) mass is 451 g/mol. The van der Waals surface area contributed by atoms with Gasteiger partial charge in [-0.1, -0.05) is 6.07 Å². The van der Waals surface area contributed by atoms with E-state index in [0.717, 1.165) is 6.07 Å². The quantitative estimate of drug-likeness (QED) is 0.755. The van der Waals surface area contributed by atoms with Crippen LogP contribution in [0.1, 0.15) is 12.0 Å². The molecular weight excluding hydrogens is 428 g/mol. The highest BCUT2D eigenvalue weighted by atomic mass is 32.2. The molecule has 0 bridgehead atoms. The molecule has 10 heteroatoms. The molecule has 2 aromatic carbocycles. The van der Waals surface area contributed by atoms with E-state index >= 15 is 0 Å². The standard InChI is InChI=1S/C21H23F2N3O4S/c22-16-11-15-3-2-6-25(21(15)19(23)12-16)14-20(27)24-17-4-1-5-18(13-17)31(28,29)26-7-9-30-10-8-26/h1,4-5,11-13H,2-3,6-10,14H2,(H,24,27). The number of amides is 1. The fraction of sp³-hybridized carbons (Fsp3) is 0.381. The van der Waals surface area contributed by atoms with E-state index in [1.165, 1.54) is 22.5 Å². The fourth-order valence-electron chi connectivity index (χ4n) is 3.94. The summed E-state index contributed by atoms with van der Waals surface area (Å²) in [5.74, 6) is -1.75. The summed E-state index contributed by atoms with van der Waals surface area (Å²) < 4.78 is 60.0. The fourth-order valence-corrected chi connectivity index (χ4v) is 5.39. The van der Waals surface area contributed by atoms with Crippen molar-refractivity contribution in [2.75, 3.05) is 49.6 Å². The van der Waals surface area contributed by atoms with Gasteiger partial charge >= 0.3 is 0 Å². The van der Waals surface area contributed by atoms with Crippen molar-refractivity contribution in [3.8, 4) is 0 Å². The van der Waals surface area contributed by atoms with Gasteiger partial charge in [0.05, 0.1) is 30.3 Å². The Kier molecular flexibility index (Phi) is 6.22. The number of fused-ring (bicyclic) bond motifs is 1. The van der Waals surface area contributed by atoms with E-state index < -0.39 is 27.6 Å². The van der Waals surface area contributed by atoms with Gasteiger partial charge in [-0.25, -0.2) is 17.2 Å². The number of rotatable bonds is 5. The molecule has 31 heavy (non-hydrogen) atoms. The third kappa shape index (κ3) is 4.70. The molecule has 0 radical (unpaired) electrons. The Hall–Kier alpha value is -2.56. The second-order valence-corrected chi connectivity index (χ2v) is 9.45. The molecule has 4 rings (SSSR count). The first-order valence-electron chi connectivity index (χ1n) is 10.1. The number of aryl methyl sites for hydroxylation is 1. The van der Waals surface area contributed by atoms with Gasteiger partial charge in [-0.3, -0.25) is 4.79 Å². The molecule has 0 atom stereocenters. The van der Waals surface area contributed by atoms with Gasteiger partial charge in [0.15, 0.2) is 0 Å². The first kappa shape index (κ1) is 21.7. The van der Waals surface area contributed by atoms with E-state index in [9.17, 15) is 22.0 Å². The predicted molar refractivity (Wildman–Crippen MR) is 112 cm³/mol. The smallest absolute Gasteiger partial charge is 0.243 e. The van der Waals surface area contributed by atoms with Crippen LogP contribution in [-0.2, 0) is 26.0 Å². The third-order valence-corrected chi connectivity index (χ3v) is 7.25. The molecule has 2 heterocycles. The van der Waals surface area contributed by atoms with Crippen molar-refractivity contribution in [3.05, 3.63) is 53.6 Å². The van der Waals surface area contributed by atoms with Crippen LogP contribution in [0, 0.1) is 11.6 Å². The maximum Gasteiger partial charge on any atom is 0.243 e. The summed E-state index contributed by atoms with van der Waals surface area (Å²) in [5.41, 5.74) is 1.11. The van der Waals surface area contributed by atoms with Gasteiger partial charge in [-0.15, -0.1) is 0 Å². The molecule has 2 aliphatic rings. The van der Waals surface area contributed by atoms with Crippen LogP contribution in [-0.4, -0.2) is 58.0 Å². The van der Waals surface area contributed by atoms with E-state index in [0.29, 0.717) is 43.9 Å². The average Bonchev–Trinajstić information content (AvgIpc) is 2.74. The zero-order valence-corrected chi connectivity index (χ0v) is 17.6. The van der Waals surface area contributed by atoms with E-state index in [1.807, 2.05) is 0 Å². The van der Waals surface area contributed by atoms with Gasteiger partial charge < -0.3 is 15.0 Å². The first-order valence-corrected chi connectivity index (χ1v) is 11.5. The van der Waals surface area contributed by atoms with Gasteiger partial charge in [-0.2, -0.15) is 4.31 Å². The SMILES string of the molecule is O=C(CN1CCCc2cc(F)cc(F)c21)Nc1cccc(S(=O)(=O)N2CCOCC2)c1. The second-order valence-electron chi connectivity index (χ2n) is 7.51. The molecular formula is C21H23F2N3O4S. The number of ether oxygens (including phenoxy) is 1. The van der Waals surface area contributed by atoms with Gasteiger partial charge in [0.25, 0.3) is 0 Å². The molecule has 2 aromatic rings. The number of carbonyl (C=O) groups is 1. The Morgan fingerprint density at radius 2 is 1.87 bits per heavy atom. The lowest BCUT2D eigenvalue weighted by Crippen LogP contribution is -2.40. The number of nitrogens with one attached hydrogen (secondary N) is 1. The van der Waals surface area contributed by atoms with Crippen LogP contribution in [0.15, 0.2) is 41.3 Å². The van der Waals surface area contributed by atoms with E-state index in [4.69, 9.17) is 4.74 Å². The lowest BCUT2D eigenvalue weighted by atomic mass is 10.0. The predicted octanol–water partition coefficient (Wildman–Crippen LogP) is 2.38. The molecule has 0 unspecified atom stereocenters. The number of morpholine rings is 1. The van der Waals surface area contributed by atoms with Crippen molar-refractivity contribution in [1.82, 2.24) is 4.31 Å². The molecule has 1 N–H and O–H groups in total. The Morgan fingerprint density at radius 3 is 2.65 bits per heavy atom. The number of nitrogens with zero attached hydrogens (tertiary/aromatic N) is 2. The van der Waals surface area contributed by atoms with E-state index in [-0.39, 0.29) is 30.2 Å². The number of carbonyl (C=O) groups excluding carboxylic acids is 1. The lowest BCUT2D eigenvalue weighted by Gasteiger charge is -2.31. The van der Waals surface area contributed by atoms with Crippen LogP contribution in [0.5, 0.6) is 0 Å². The second kappa shape index (κ2) is 8.89. The van der Waals surface area contributed by atoms with Crippen LogP contribution < -0.4 is 10.2 Å². The zero-order valence-electron chi connectivity index (χ0n) is 16.8. The number of benzene rings is 2. The summed E-state index contributed by atoms with van der Waals surface area (Å²) in [5, 5.41) is 2.68. The van der Waals surface area contributed by atoms with Crippen LogP contribution in [0.3, 0.4) is 0 Å². The Balaban J connectivity index is 1.48. The number of sulfonamides is 1. The van der Waals surface area contributed by atoms with Crippen molar-refractivity contribution < 1.29 is 26.7 Å². The highest BCUT2D eigenvalue weighted by Crippen LogP contribution is 2.31. The molecule has 1 fully saturated rings. The normalized spacial score (nSPS) is 17.3. The van der Waals surface area contributed by atoms with Crippen LogP contribution in [0.2, 0.25) is 0 Å². The molecule has 166 valence electrons. The van der Waals surface area contributed by atoms with Crippen molar-refractivity contribution in [2.24, 2.45) is 0 Å². The largest absolute Gasteiger partial charge is 0.379 e. The Morgan fingerprint density at radius 1 is 1.10 bits per heavy atom. The maximum absolute atomic E-state index is 14.3. The maximum atomic E-state index is 14.3. The van der Waals surface area contributed by atoms with Crippen LogP contribution >= 0.6 is 0 Å². The van der Waals surface area contributed by atoms with Crippen molar-refractivity contribution in [1.29, 1.82) is 0 Å². The van der Waals surface area contributed by atoms with Crippen molar-refractivity contribution >= 4 is 27.3 Å². The summed E-state index contributed by atoms with van der Waals surface area (Å²) in [7, 11) is -3.69. The number of hydrogen-bond donors (Lipinski definition) is 1.